The lowest BCUT2D eigenvalue weighted by Crippen LogP contribution is -2.56. The summed E-state index contributed by atoms with van der Waals surface area (Å²) in [6.07, 6.45) is 0. The van der Waals surface area contributed by atoms with Crippen molar-refractivity contribution in [2.45, 2.75) is 39.5 Å². The van der Waals surface area contributed by atoms with Gasteiger partial charge < -0.3 is 10.1 Å². The second-order valence-electron chi connectivity index (χ2n) is 7.42. The normalized spacial score (nSPS) is 12.8. The SMILES string of the molecule is Cc1n[nH]c(C)c1CNC(=O)C(C)(OCc1ccc(-c2ccccc2)cc1)C(=O)NO. The zero-order valence-corrected chi connectivity index (χ0v) is 17.7. The molecule has 0 aliphatic heterocycles. The van der Waals surface area contributed by atoms with Gasteiger partial charge in [-0.3, -0.25) is 19.9 Å². The maximum atomic E-state index is 12.8. The number of amides is 2. The predicted octanol–water partition coefficient (Wildman–Crippen LogP) is 2.79. The third-order valence-corrected chi connectivity index (χ3v) is 5.26. The lowest BCUT2D eigenvalue weighted by Gasteiger charge is -2.26. The van der Waals surface area contributed by atoms with Crippen molar-refractivity contribution in [3.63, 3.8) is 0 Å². The molecular weight excluding hydrogens is 396 g/mol. The zero-order chi connectivity index (χ0) is 22.4. The Morgan fingerprint density at radius 1 is 1.03 bits per heavy atom. The van der Waals surface area contributed by atoms with Crippen LogP contribution in [0.3, 0.4) is 0 Å². The van der Waals surface area contributed by atoms with Crippen LogP contribution < -0.4 is 10.8 Å². The first-order valence-electron chi connectivity index (χ1n) is 9.86. The fourth-order valence-electron chi connectivity index (χ4n) is 3.16. The molecule has 0 bridgehead atoms. The van der Waals surface area contributed by atoms with Gasteiger partial charge in [0.2, 0.25) is 5.60 Å². The lowest BCUT2D eigenvalue weighted by atomic mass is 10.0. The maximum absolute atomic E-state index is 12.8. The van der Waals surface area contributed by atoms with Crippen molar-refractivity contribution in [3.8, 4) is 11.1 Å². The summed E-state index contributed by atoms with van der Waals surface area (Å²) in [5, 5.41) is 18.8. The van der Waals surface area contributed by atoms with Crippen LogP contribution in [-0.4, -0.2) is 32.8 Å². The van der Waals surface area contributed by atoms with Crippen LogP contribution in [0, 0.1) is 13.8 Å². The quantitative estimate of drug-likeness (QED) is 0.253. The predicted molar refractivity (Wildman–Crippen MR) is 115 cm³/mol. The highest BCUT2D eigenvalue weighted by molar-refractivity contribution is 6.07. The highest BCUT2D eigenvalue weighted by atomic mass is 16.5. The number of hydrogen-bond donors (Lipinski definition) is 4. The molecular formula is C23H26N4O4. The van der Waals surface area contributed by atoms with E-state index in [9.17, 15) is 9.59 Å². The Hall–Kier alpha value is -3.49. The molecule has 0 aliphatic carbocycles. The van der Waals surface area contributed by atoms with Gasteiger partial charge in [0.1, 0.15) is 0 Å². The Labute approximate surface area is 180 Å². The molecule has 0 aliphatic rings. The molecule has 162 valence electrons. The second kappa shape index (κ2) is 9.55. The van der Waals surface area contributed by atoms with E-state index in [1.165, 1.54) is 12.4 Å². The number of nitrogens with zero attached hydrogens (tertiary/aromatic N) is 1. The number of hydrogen-bond acceptors (Lipinski definition) is 5. The van der Waals surface area contributed by atoms with Crippen molar-refractivity contribution in [2.75, 3.05) is 0 Å². The number of nitrogens with one attached hydrogen (secondary N) is 3. The number of carbonyl (C=O) groups is 2. The molecule has 1 unspecified atom stereocenters. The number of hydroxylamine groups is 1. The average Bonchev–Trinajstić information content (AvgIpc) is 3.13. The summed E-state index contributed by atoms with van der Waals surface area (Å²) < 4.78 is 5.70. The molecule has 1 heterocycles. The van der Waals surface area contributed by atoms with E-state index in [1.807, 2.05) is 68.4 Å². The molecule has 8 heteroatoms. The van der Waals surface area contributed by atoms with E-state index in [1.54, 1.807) is 0 Å². The Morgan fingerprint density at radius 2 is 1.68 bits per heavy atom. The number of aromatic nitrogens is 2. The van der Waals surface area contributed by atoms with Crippen LogP contribution in [0.5, 0.6) is 0 Å². The van der Waals surface area contributed by atoms with E-state index >= 15 is 0 Å². The van der Waals surface area contributed by atoms with Crippen LogP contribution in [0.2, 0.25) is 0 Å². The molecule has 0 radical (unpaired) electrons. The lowest BCUT2D eigenvalue weighted by molar-refractivity contribution is -0.166. The van der Waals surface area contributed by atoms with Gasteiger partial charge in [-0.2, -0.15) is 5.10 Å². The second-order valence-corrected chi connectivity index (χ2v) is 7.42. The molecule has 8 nitrogen and oxygen atoms in total. The topological polar surface area (TPSA) is 116 Å². The first kappa shape index (κ1) is 22.2. The summed E-state index contributed by atoms with van der Waals surface area (Å²) in [6.45, 7) is 5.17. The Kier molecular flexibility index (Phi) is 6.84. The number of rotatable bonds is 8. The van der Waals surface area contributed by atoms with E-state index in [-0.39, 0.29) is 13.2 Å². The first-order chi connectivity index (χ1) is 14.8. The summed E-state index contributed by atoms with van der Waals surface area (Å²) >= 11 is 0. The Bertz CT molecular complexity index is 1030. The average molecular weight is 422 g/mol. The summed E-state index contributed by atoms with van der Waals surface area (Å²) in [5.41, 5.74) is 4.93. The number of benzene rings is 2. The maximum Gasteiger partial charge on any atom is 0.285 e. The molecule has 1 aromatic heterocycles. The number of ether oxygens (including phenoxy) is 1. The van der Waals surface area contributed by atoms with Crippen molar-refractivity contribution in [2.24, 2.45) is 0 Å². The van der Waals surface area contributed by atoms with E-state index in [0.717, 1.165) is 33.6 Å². The van der Waals surface area contributed by atoms with Gasteiger partial charge in [0.15, 0.2) is 0 Å². The van der Waals surface area contributed by atoms with Crippen LogP contribution in [0.25, 0.3) is 11.1 Å². The molecule has 0 saturated heterocycles. The van der Waals surface area contributed by atoms with Gasteiger partial charge in [0.05, 0.1) is 12.3 Å². The van der Waals surface area contributed by atoms with Crippen LogP contribution >= 0.6 is 0 Å². The van der Waals surface area contributed by atoms with Crippen molar-refractivity contribution in [1.82, 2.24) is 21.0 Å². The molecule has 0 spiro atoms. The molecule has 2 amide bonds. The van der Waals surface area contributed by atoms with Crippen LogP contribution in [0.4, 0.5) is 0 Å². The van der Waals surface area contributed by atoms with E-state index < -0.39 is 17.4 Å². The van der Waals surface area contributed by atoms with E-state index in [4.69, 9.17) is 9.94 Å². The van der Waals surface area contributed by atoms with Gasteiger partial charge in [-0.25, -0.2) is 5.48 Å². The van der Waals surface area contributed by atoms with E-state index in [0.29, 0.717) is 0 Å². The van der Waals surface area contributed by atoms with Crippen LogP contribution in [0.1, 0.15) is 29.4 Å². The van der Waals surface area contributed by atoms with Crippen molar-refractivity contribution in [3.05, 3.63) is 77.1 Å². The van der Waals surface area contributed by atoms with Crippen LogP contribution in [-0.2, 0) is 27.5 Å². The minimum absolute atomic E-state index is 0.0101. The van der Waals surface area contributed by atoms with Gasteiger partial charge in [-0.15, -0.1) is 0 Å². The molecule has 4 N–H and O–H groups in total. The summed E-state index contributed by atoms with van der Waals surface area (Å²) in [5.74, 6) is -1.62. The molecule has 3 aromatic rings. The molecule has 0 fully saturated rings. The Balaban J connectivity index is 1.68. The molecule has 31 heavy (non-hydrogen) atoms. The van der Waals surface area contributed by atoms with Gasteiger partial charge in [-0.05, 0) is 37.5 Å². The van der Waals surface area contributed by atoms with Gasteiger partial charge >= 0.3 is 0 Å². The zero-order valence-electron chi connectivity index (χ0n) is 17.7. The number of carbonyl (C=O) groups excluding carboxylic acids is 2. The molecule has 0 saturated carbocycles. The fourth-order valence-corrected chi connectivity index (χ4v) is 3.16. The van der Waals surface area contributed by atoms with Gasteiger partial charge in [-0.1, -0.05) is 54.6 Å². The standard InChI is InChI=1S/C23H26N4O4/c1-15-20(16(2)26-25-15)13-24-21(28)23(3,22(29)27-30)31-14-17-9-11-19(12-10-17)18-7-5-4-6-8-18/h4-12,30H,13-14H2,1-3H3,(H,24,28)(H,25,26)(H,27,29). The minimum atomic E-state index is -1.92. The highest BCUT2D eigenvalue weighted by Crippen LogP contribution is 2.21. The number of aromatic amines is 1. The third kappa shape index (κ3) is 4.99. The van der Waals surface area contributed by atoms with Crippen molar-refractivity contribution < 1.29 is 19.5 Å². The summed E-state index contributed by atoms with van der Waals surface area (Å²) in [4.78, 5) is 25.1. The molecule has 2 aromatic carbocycles. The fraction of sp³-hybridized carbons (Fsp3) is 0.261. The van der Waals surface area contributed by atoms with Gasteiger partial charge in [0, 0.05) is 17.8 Å². The minimum Gasteiger partial charge on any atom is -0.351 e. The van der Waals surface area contributed by atoms with Gasteiger partial charge in [0.25, 0.3) is 11.8 Å². The monoisotopic (exact) mass is 422 g/mol. The number of aryl methyl sites for hydroxylation is 2. The summed E-state index contributed by atoms with van der Waals surface area (Å²) in [7, 11) is 0. The first-order valence-corrected chi connectivity index (χ1v) is 9.86. The van der Waals surface area contributed by atoms with E-state index in [2.05, 4.69) is 15.5 Å². The third-order valence-electron chi connectivity index (χ3n) is 5.26. The smallest absolute Gasteiger partial charge is 0.285 e. The molecule has 1 atom stereocenters. The summed E-state index contributed by atoms with van der Waals surface area (Å²) in [6, 6.07) is 17.6. The van der Waals surface area contributed by atoms with Crippen LogP contribution in [0.15, 0.2) is 54.6 Å². The molecule has 3 rings (SSSR count). The Morgan fingerprint density at radius 3 is 2.26 bits per heavy atom. The van der Waals surface area contributed by atoms with Crippen molar-refractivity contribution >= 4 is 11.8 Å². The number of H-pyrrole nitrogens is 1. The highest BCUT2D eigenvalue weighted by Gasteiger charge is 2.42. The van der Waals surface area contributed by atoms with Crippen molar-refractivity contribution in [1.29, 1.82) is 0 Å². The largest absolute Gasteiger partial charge is 0.351 e.